The van der Waals surface area contributed by atoms with Crippen molar-refractivity contribution in [1.29, 1.82) is 0 Å². The van der Waals surface area contributed by atoms with Crippen molar-refractivity contribution in [1.82, 2.24) is 0 Å². The van der Waals surface area contributed by atoms with Crippen LogP contribution in [0.2, 0.25) is 0 Å². The van der Waals surface area contributed by atoms with Gasteiger partial charge in [-0.05, 0) is 24.7 Å². The largest absolute Gasteiger partial charge is 0.483 e. The van der Waals surface area contributed by atoms with Gasteiger partial charge in [-0.25, -0.2) is 20.0 Å². The molecule has 0 saturated carbocycles. The van der Waals surface area contributed by atoms with Gasteiger partial charge in [-0.15, -0.1) is 0 Å². The Morgan fingerprint density at radius 1 is 0.567 bits per heavy atom. The number of aliphatic imine (C=N–C) groups is 4. The van der Waals surface area contributed by atoms with Crippen LogP contribution in [0.15, 0.2) is 20.0 Å². The Balaban J connectivity index is 1.96. The number of unbranched alkanes of at least 4 members (excludes halogenated alkanes) is 1. The molecule has 2 rings (SSSR count). The molecule has 0 aromatic heterocycles. The molecule has 2 heterocycles. The van der Waals surface area contributed by atoms with E-state index in [1.165, 1.54) is 0 Å². The number of rotatable bonds is 7. The summed E-state index contributed by atoms with van der Waals surface area (Å²) in [6.07, 6.45) is 3.59. The van der Waals surface area contributed by atoms with E-state index in [2.05, 4.69) is 27.7 Å². The fraction of sp³-hybridized carbons (Fsp3) is 0.818. The first-order valence-corrected chi connectivity index (χ1v) is 10.8. The number of ether oxygens (including phenoxy) is 4. The molecule has 0 bridgehead atoms. The monoisotopic (exact) mass is 422 g/mol. The Labute approximate surface area is 180 Å². The highest BCUT2D eigenvalue weighted by molar-refractivity contribution is 5.94. The van der Waals surface area contributed by atoms with Crippen molar-refractivity contribution in [3.63, 3.8) is 0 Å². The number of hydrogen-bond acceptors (Lipinski definition) is 8. The Hall–Kier alpha value is -2.12. The Bertz CT molecular complexity index is 627. The average Bonchev–Trinajstić information content (AvgIpc) is 2.75. The minimum atomic E-state index is -0.106. The highest BCUT2D eigenvalue weighted by Gasteiger charge is 2.32. The molecule has 2 aliphatic heterocycles. The Morgan fingerprint density at radius 3 is 1.17 bits per heavy atom. The molecule has 0 saturated heterocycles. The highest BCUT2D eigenvalue weighted by Crippen LogP contribution is 2.23. The SMILES string of the molecule is COC1=N[C@H](C(C)C)C(OC)=N[C@H]1CCCC[C@H]1N=C(OC)[C@@H](C(C)C)N=C1OC. The summed E-state index contributed by atoms with van der Waals surface area (Å²) in [5.74, 6) is 3.35. The van der Waals surface area contributed by atoms with E-state index in [9.17, 15) is 0 Å². The predicted molar refractivity (Wildman–Crippen MR) is 121 cm³/mol. The summed E-state index contributed by atoms with van der Waals surface area (Å²) in [5.41, 5.74) is 0. The van der Waals surface area contributed by atoms with Crippen molar-refractivity contribution in [3.8, 4) is 0 Å². The lowest BCUT2D eigenvalue weighted by Crippen LogP contribution is -2.38. The maximum absolute atomic E-state index is 5.53. The molecule has 0 radical (unpaired) electrons. The van der Waals surface area contributed by atoms with Crippen LogP contribution < -0.4 is 0 Å². The van der Waals surface area contributed by atoms with Gasteiger partial charge in [-0.1, -0.05) is 40.5 Å². The molecule has 0 aromatic rings. The minimum Gasteiger partial charge on any atom is -0.483 e. The zero-order chi connectivity index (χ0) is 22.3. The molecule has 2 aliphatic rings. The molecular weight excluding hydrogens is 384 g/mol. The smallest absolute Gasteiger partial charge is 0.209 e. The van der Waals surface area contributed by atoms with Crippen LogP contribution in [0, 0.1) is 11.8 Å². The average molecular weight is 423 g/mol. The molecule has 0 aliphatic carbocycles. The molecule has 0 unspecified atom stereocenters. The summed E-state index contributed by atoms with van der Waals surface area (Å²) in [7, 11) is 6.63. The molecule has 8 nitrogen and oxygen atoms in total. The van der Waals surface area contributed by atoms with Gasteiger partial charge in [0.15, 0.2) is 0 Å². The van der Waals surface area contributed by atoms with E-state index < -0.39 is 0 Å². The summed E-state index contributed by atoms with van der Waals surface area (Å²) in [6, 6.07) is -0.380. The fourth-order valence-corrected chi connectivity index (χ4v) is 3.77. The molecule has 30 heavy (non-hydrogen) atoms. The van der Waals surface area contributed by atoms with E-state index in [0.29, 0.717) is 35.4 Å². The van der Waals surface area contributed by atoms with Crippen LogP contribution in [0.25, 0.3) is 0 Å². The molecule has 4 atom stereocenters. The first kappa shape index (κ1) is 24.2. The van der Waals surface area contributed by atoms with Crippen molar-refractivity contribution in [2.24, 2.45) is 31.8 Å². The van der Waals surface area contributed by atoms with Crippen LogP contribution in [0.5, 0.6) is 0 Å². The maximum Gasteiger partial charge on any atom is 0.209 e. The quantitative estimate of drug-likeness (QED) is 0.587. The number of hydrogen-bond donors (Lipinski definition) is 0. The van der Waals surface area contributed by atoms with E-state index in [-0.39, 0.29) is 24.2 Å². The summed E-state index contributed by atoms with van der Waals surface area (Å²) in [5, 5.41) is 0. The minimum absolute atomic E-state index is 0.0837. The van der Waals surface area contributed by atoms with Crippen LogP contribution in [0.1, 0.15) is 53.4 Å². The Morgan fingerprint density at radius 2 is 0.900 bits per heavy atom. The van der Waals surface area contributed by atoms with Crippen molar-refractivity contribution >= 4 is 23.6 Å². The van der Waals surface area contributed by atoms with E-state index in [1.54, 1.807) is 28.4 Å². The van der Waals surface area contributed by atoms with Gasteiger partial charge in [0.1, 0.15) is 24.2 Å². The van der Waals surface area contributed by atoms with Gasteiger partial charge in [0.25, 0.3) is 0 Å². The molecule has 0 spiro atoms. The van der Waals surface area contributed by atoms with E-state index in [0.717, 1.165) is 25.7 Å². The second kappa shape index (κ2) is 11.3. The normalized spacial score (nSPS) is 26.6. The van der Waals surface area contributed by atoms with Gasteiger partial charge in [0.05, 0.1) is 28.4 Å². The van der Waals surface area contributed by atoms with Crippen LogP contribution >= 0.6 is 0 Å². The second-order valence-corrected chi connectivity index (χ2v) is 8.38. The number of methoxy groups -OCH3 is 4. The van der Waals surface area contributed by atoms with Crippen molar-refractivity contribution < 1.29 is 18.9 Å². The summed E-state index contributed by atoms with van der Waals surface area (Å²) < 4.78 is 22.1. The molecule has 0 amide bonds. The first-order chi connectivity index (χ1) is 14.4. The first-order valence-electron chi connectivity index (χ1n) is 10.8. The highest BCUT2D eigenvalue weighted by atomic mass is 16.5. The predicted octanol–water partition coefficient (Wildman–Crippen LogP) is 3.54. The van der Waals surface area contributed by atoms with Gasteiger partial charge in [0, 0.05) is 0 Å². The van der Waals surface area contributed by atoms with Crippen LogP contribution in [-0.2, 0) is 18.9 Å². The molecule has 8 heteroatoms. The second-order valence-electron chi connectivity index (χ2n) is 8.38. The fourth-order valence-electron chi connectivity index (χ4n) is 3.77. The van der Waals surface area contributed by atoms with E-state index >= 15 is 0 Å². The van der Waals surface area contributed by atoms with Crippen LogP contribution in [0.3, 0.4) is 0 Å². The van der Waals surface area contributed by atoms with Crippen LogP contribution in [-0.4, -0.2) is 76.2 Å². The zero-order valence-corrected chi connectivity index (χ0v) is 19.7. The standard InChI is InChI=1S/C22H38N4O4/c1-13(2)17-21(29-7)23-15(19(25-17)27-5)11-9-10-12-16-20(28-6)26-18(14(3)4)22(24-16)30-8/h13-18H,9-12H2,1-8H3/t15-,16+,17-,18-/m1/s1. The van der Waals surface area contributed by atoms with E-state index in [4.69, 9.17) is 38.9 Å². The van der Waals surface area contributed by atoms with Gasteiger partial charge >= 0.3 is 0 Å². The summed E-state index contributed by atoms with van der Waals surface area (Å²) in [6.45, 7) is 8.42. The third kappa shape index (κ3) is 5.73. The molecule has 0 N–H and O–H groups in total. The molecule has 0 aromatic carbocycles. The third-order valence-corrected chi connectivity index (χ3v) is 5.48. The van der Waals surface area contributed by atoms with Crippen molar-refractivity contribution in [3.05, 3.63) is 0 Å². The van der Waals surface area contributed by atoms with Gasteiger partial charge in [-0.3, -0.25) is 0 Å². The van der Waals surface area contributed by atoms with Gasteiger partial charge in [-0.2, -0.15) is 0 Å². The van der Waals surface area contributed by atoms with Crippen molar-refractivity contribution in [2.75, 3.05) is 28.4 Å². The molecular formula is C22H38N4O4. The van der Waals surface area contributed by atoms with Gasteiger partial charge < -0.3 is 18.9 Å². The molecule has 170 valence electrons. The van der Waals surface area contributed by atoms with Crippen LogP contribution in [0.4, 0.5) is 0 Å². The lowest BCUT2D eigenvalue weighted by Gasteiger charge is -2.28. The summed E-state index contributed by atoms with van der Waals surface area (Å²) >= 11 is 0. The van der Waals surface area contributed by atoms with Crippen molar-refractivity contribution in [2.45, 2.75) is 77.5 Å². The maximum atomic E-state index is 5.53. The number of nitrogens with zero attached hydrogens (tertiary/aromatic N) is 4. The van der Waals surface area contributed by atoms with Gasteiger partial charge in [0.2, 0.25) is 23.6 Å². The topological polar surface area (TPSA) is 86.4 Å². The third-order valence-electron chi connectivity index (χ3n) is 5.48. The lowest BCUT2D eigenvalue weighted by molar-refractivity contribution is 0.325. The lowest BCUT2D eigenvalue weighted by atomic mass is 9.99. The summed E-state index contributed by atoms with van der Waals surface area (Å²) in [4.78, 5) is 19.0. The van der Waals surface area contributed by atoms with E-state index in [1.807, 2.05) is 0 Å². The molecule has 0 fully saturated rings. The zero-order valence-electron chi connectivity index (χ0n) is 19.7. The Kier molecular flexibility index (Phi) is 9.11.